The van der Waals surface area contributed by atoms with Crippen molar-refractivity contribution in [2.45, 2.75) is 44.1 Å². The van der Waals surface area contributed by atoms with E-state index < -0.39 is 0 Å². The molecule has 14 heavy (non-hydrogen) atoms. The van der Waals surface area contributed by atoms with Crippen LogP contribution in [0.4, 0.5) is 0 Å². The van der Waals surface area contributed by atoms with E-state index in [4.69, 9.17) is 5.73 Å². The molecule has 0 spiro atoms. The van der Waals surface area contributed by atoms with Crippen LogP contribution in [0.3, 0.4) is 0 Å². The first-order chi connectivity index (χ1) is 6.64. The largest absolute Gasteiger partial charge is 0.327 e. The summed E-state index contributed by atoms with van der Waals surface area (Å²) in [5, 5.41) is 8.13. The van der Waals surface area contributed by atoms with Crippen LogP contribution < -0.4 is 5.73 Å². The lowest BCUT2D eigenvalue weighted by molar-refractivity contribution is 0.253. The highest BCUT2D eigenvalue weighted by Gasteiger charge is 2.39. The molecule has 0 aliphatic heterocycles. The van der Waals surface area contributed by atoms with E-state index in [-0.39, 0.29) is 11.5 Å². The van der Waals surface area contributed by atoms with Gasteiger partial charge < -0.3 is 10.3 Å². The molecule has 4 heteroatoms. The van der Waals surface area contributed by atoms with E-state index >= 15 is 0 Å². The van der Waals surface area contributed by atoms with E-state index in [0.29, 0.717) is 0 Å². The van der Waals surface area contributed by atoms with E-state index in [1.54, 1.807) is 6.33 Å². The second-order valence-electron chi connectivity index (χ2n) is 4.54. The average molecular weight is 194 g/mol. The van der Waals surface area contributed by atoms with Crippen molar-refractivity contribution >= 4 is 0 Å². The van der Waals surface area contributed by atoms with Gasteiger partial charge >= 0.3 is 0 Å². The van der Waals surface area contributed by atoms with Crippen LogP contribution in [0.15, 0.2) is 6.33 Å². The molecule has 0 aromatic carbocycles. The van der Waals surface area contributed by atoms with Crippen molar-refractivity contribution in [1.82, 2.24) is 14.8 Å². The first-order valence-corrected chi connectivity index (χ1v) is 5.24. The Hall–Kier alpha value is -0.900. The minimum atomic E-state index is 0.0174. The molecular formula is C10H18N4. The fourth-order valence-corrected chi connectivity index (χ4v) is 2.44. The minimum absolute atomic E-state index is 0.0174. The number of hydrogen-bond acceptors (Lipinski definition) is 3. The van der Waals surface area contributed by atoms with Crippen molar-refractivity contribution in [3.05, 3.63) is 12.2 Å². The van der Waals surface area contributed by atoms with Crippen molar-refractivity contribution in [2.24, 2.45) is 12.8 Å². The van der Waals surface area contributed by atoms with Gasteiger partial charge in [0.1, 0.15) is 12.2 Å². The van der Waals surface area contributed by atoms with Gasteiger partial charge in [0, 0.05) is 18.5 Å². The molecule has 2 rings (SSSR count). The van der Waals surface area contributed by atoms with Crippen LogP contribution in [0, 0.1) is 0 Å². The molecule has 1 heterocycles. The molecule has 1 fully saturated rings. The Morgan fingerprint density at radius 1 is 1.57 bits per heavy atom. The number of aromatic nitrogens is 3. The lowest BCUT2D eigenvalue weighted by Crippen LogP contribution is -2.47. The fraction of sp³-hybridized carbons (Fsp3) is 0.800. The number of nitrogens with zero attached hydrogens (tertiary/aromatic N) is 3. The zero-order valence-electron chi connectivity index (χ0n) is 8.90. The number of aryl methyl sites for hydroxylation is 1. The monoisotopic (exact) mass is 194 g/mol. The van der Waals surface area contributed by atoms with Gasteiger partial charge in [-0.05, 0) is 12.8 Å². The molecule has 0 saturated heterocycles. The molecule has 1 aromatic rings. The molecule has 4 nitrogen and oxygen atoms in total. The molecule has 2 N–H and O–H groups in total. The van der Waals surface area contributed by atoms with Crippen LogP contribution in [0.2, 0.25) is 0 Å². The Balaban J connectivity index is 2.34. The quantitative estimate of drug-likeness (QED) is 0.725. The Kier molecular flexibility index (Phi) is 2.31. The summed E-state index contributed by atoms with van der Waals surface area (Å²) in [5.41, 5.74) is 6.21. The van der Waals surface area contributed by atoms with Gasteiger partial charge in [-0.1, -0.05) is 19.8 Å². The van der Waals surface area contributed by atoms with Gasteiger partial charge in [-0.2, -0.15) is 0 Å². The maximum Gasteiger partial charge on any atom is 0.140 e. The van der Waals surface area contributed by atoms with Crippen LogP contribution in [0.1, 0.15) is 38.4 Å². The summed E-state index contributed by atoms with van der Waals surface area (Å²) in [6.07, 6.45) is 6.47. The lowest BCUT2D eigenvalue weighted by atomic mass is 9.71. The van der Waals surface area contributed by atoms with Crippen LogP contribution in [0.5, 0.6) is 0 Å². The van der Waals surface area contributed by atoms with Crippen LogP contribution in [-0.4, -0.2) is 20.8 Å². The summed E-state index contributed by atoms with van der Waals surface area (Å²) in [6, 6.07) is 0.221. The predicted molar refractivity (Wildman–Crippen MR) is 54.8 cm³/mol. The number of nitrogens with two attached hydrogens (primary N) is 1. The molecule has 0 bridgehead atoms. The van der Waals surface area contributed by atoms with E-state index in [9.17, 15) is 0 Å². The van der Waals surface area contributed by atoms with Crippen LogP contribution >= 0.6 is 0 Å². The highest BCUT2D eigenvalue weighted by molar-refractivity contribution is 5.12. The molecule has 1 aromatic heterocycles. The van der Waals surface area contributed by atoms with Crippen molar-refractivity contribution in [3.8, 4) is 0 Å². The van der Waals surface area contributed by atoms with Crippen molar-refractivity contribution in [1.29, 1.82) is 0 Å². The summed E-state index contributed by atoms with van der Waals surface area (Å²) in [4.78, 5) is 0. The predicted octanol–water partition coefficient (Wildman–Crippen LogP) is 0.974. The molecule has 1 aliphatic rings. The zero-order chi connectivity index (χ0) is 10.2. The van der Waals surface area contributed by atoms with Gasteiger partial charge in [0.05, 0.1) is 0 Å². The Morgan fingerprint density at radius 2 is 2.36 bits per heavy atom. The number of rotatable bonds is 1. The second kappa shape index (κ2) is 3.35. The van der Waals surface area contributed by atoms with E-state index in [1.165, 1.54) is 12.8 Å². The van der Waals surface area contributed by atoms with E-state index in [1.807, 2.05) is 11.6 Å². The number of hydrogen-bond donors (Lipinski definition) is 1. The van der Waals surface area contributed by atoms with Gasteiger partial charge in [0.2, 0.25) is 0 Å². The van der Waals surface area contributed by atoms with Crippen molar-refractivity contribution in [3.63, 3.8) is 0 Å². The Morgan fingerprint density at radius 3 is 2.93 bits per heavy atom. The Labute approximate surface area is 84.5 Å². The van der Waals surface area contributed by atoms with Crippen molar-refractivity contribution in [2.75, 3.05) is 0 Å². The highest BCUT2D eigenvalue weighted by Crippen LogP contribution is 2.36. The lowest BCUT2D eigenvalue weighted by Gasteiger charge is -2.38. The van der Waals surface area contributed by atoms with Gasteiger partial charge in [0.25, 0.3) is 0 Å². The average Bonchev–Trinajstić information content (AvgIpc) is 2.57. The molecule has 2 unspecified atom stereocenters. The normalized spacial score (nSPS) is 33.2. The highest BCUT2D eigenvalue weighted by atomic mass is 15.3. The maximum absolute atomic E-state index is 6.19. The third kappa shape index (κ3) is 1.34. The fourth-order valence-electron chi connectivity index (χ4n) is 2.44. The second-order valence-corrected chi connectivity index (χ2v) is 4.54. The first-order valence-electron chi connectivity index (χ1n) is 5.24. The van der Waals surface area contributed by atoms with Crippen molar-refractivity contribution < 1.29 is 0 Å². The molecular weight excluding hydrogens is 176 g/mol. The topological polar surface area (TPSA) is 56.7 Å². The van der Waals surface area contributed by atoms with E-state index in [2.05, 4.69) is 17.1 Å². The summed E-state index contributed by atoms with van der Waals surface area (Å²) in [5.74, 6) is 1.03. The molecule has 0 amide bonds. The molecule has 1 aliphatic carbocycles. The maximum atomic E-state index is 6.19. The molecule has 2 atom stereocenters. The van der Waals surface area contributed by atoms with Crippen LogP contribution in [0.25, 0.3) is 0 Å². The molecule has 1 saturated carbocycles. The summed E-state index contributed by atoms with van der Waals surface area (Å²) >= 11 is 0. The van der Waals surface area contributed by atoms with Gasteiger partial charge in [-0.15, -0.1) is 10.2 Å². The molecule has 0 radical (unpaired) electrons. The standard InChI is InChI=1S/C10H18N4/c1-10(6-4-3-5-8(10)11)9-13-12-7-14(9)2/h7-8H,3-6,11H2,1-2H3. The Bertz CT molecular complexity index is 320. The van der Waals surface area contributed by atoms with Gasteiger partial charge in [0.15, 0.2) is 0 Å². The SMILES string of the molecule is Cn1cnnc1C1(C)CCCCC1N. The zero-order valence-corrected chi connectivity index (χ0v) is 8.90. The minimum Gasteiger partial charge on any atom is -0.327 e. The van der Waals surface area contributed by atoms with E-state index in [0.717, 1.165) is 18.7 Å². The smallest absolute Gasteiger partial charge is 0.140 e. The first kappa shape index (κ1) is 9.65. The van der Waals surface area contributed by atoms with Gasteiger partial charge in [-0.3, -0.25) is 0 Å². The third-order valence-corrected chi connectivity index (χ3v) is 3.50. The van der Waals surface area contributed by atoms with Gasteiger partial charge in [-0.25, -0.2) is 0 Å². The van der Waals surface area contributed by atoms with Crippen LogP contribution in [-0.2, 0) is 12.5 Å². The summed E-state index contributed by atoms with van der Waals surface area (Å²) in [7, 11) is 1.99. The summed E-state index contributed by atoms with van der Waals surface area (Å²) < 4.78 is 1.99. The summed E-state index contributed by atoms with van der Waals surface area (Å²) in [6.45, 7) is 2.21. The molecule has 78 valence electrons. The third-order valence-electron chi connectivity index (χ3n) is 3.50.